The number of benzene rings is 5. The zero-order chi connectivity index (χ0) is 32.0. The van der Waals surface area contributed by atoms with E-state index in [0.29, 0.717) is 15.2 Å². The molecule has 0 saturated heterocycles. The van der Waals surface area contributed by atoms with Crippen LogP contribution >= 0.6 is 8.58 Å². The summed E-state index contributed by atoms with van der Waals surface area (Å²) < 4.78 is 6.85. The van der Waals surface area contributed by atoms with Gasteiger partial charge >= 0.3 is 0 Å². The quantitative estimate of drug-likeness (QED) is 0.145. The third-order valence-corrected chi connectivity index (χ3v) is 9.81. The molecule has 1 unspecified atom stereocenters. The maximum absolute atomic E-state index is 6.85. The molecule has 45 heavy (non-hydrogen) atoms. The average Bonchev–Trinajstić information content (AvgIpc) is 3.01. The fraction of sp³-hybridized carbons (Fsp3) is 0.286. The maximum atomic E-state index is 6.85. The highest BCUT2D eigenvalue weighted by atomic mass is 31.1. The third kappa shape index (κ3) is 8.44. The average molecular weight is 614 g/mol. The molecule has 0 saturated carbocycles. The third-order valence-electron chi connectivity index (χ3n) is 8.27. The molecule has 1 atom stereocenters. The molecule has 0 aliphatic carbocycles. The van der Waals surface area contributed by atoms with Gasteiger partial charge in [-0.1, -0.05) is 159 Å². The SMILES string of the molecule is Cc1cccc(N(Cc2ccccc2)Cc2ccccc2)c1Pc1cc(C(C)(C)C)cc(C(C)(C)C)c1OCc1ccccc1. The first-order valence-electron chi connectivity index (χ1n) is 16.0. The van der Waals surface area contributed by atoms with Crippen LogP contribution in [0.15, 0.2) is 121 Å². The van der Waals surface area contributed by atoms with Gasteiger partial charge in [-0.05, 0) is 57.7 Å². The van der Waals surface area contributed by atoms with Crippen molar-refractivity contribution in [2.75, 3.05) is 4.90 Å². The van der Waals surface area contributed by atoms with Crippen LogP contribution in [-0.2, 0) is 30.5 Å². The van der Waals surface area contributed by atoms with Crippen LogP contribution in [0.5, 0.6) is 5.75 Å². The van der Waals surface area contributed by atoms with Gasteiger partial charge in [0.1, 0.15) is 12.4 Å². The van der Waals surface area contributed by atoms with Crippen molar-refractivity contribution < 1.29 is 4.74 Å². The molecular weight excluding hydrogens is 565 g/mol. The van der Waals surface area contributed by atoms with E-state index >= 15 is 0 Å². The highest BCUT2D eigenvalue weighted by Gasteiger charge is 2.27. The normalized spacial score (nSPS) is 12.1. The molecular formula is C42H48NOP. The van der Waals surface area contributed by atoms with Gasteiger partial charge in [-0.25, -0.2) is 0 Å². The van der Waals surface area contributed by atoms with E-state index in [-0.39, 0.29) is 10.8 Å². The molecule has 0 spiro atoms. The highest BCUT2D eigenvalue weighted by Crippen LogP contribution is 2.39. The van der Waals surface area contributed by atoms with Gasteiger partial charge in [0.25, 0.3) is 0 Å². The molecule has 0 fully saturated rings. The predicted octanol–water partition coefficient (Wildman–Crippen LogP) is 10.0. The van der Waals surface area contributed by atoms with E-state index in [1.807, 2.05) is 0 Å². The van der Waals surface area contributed by atoms with Gasteiger partial charge in [-0.2, -0.15) is 0 Å². The number of ether oxygens (including phenoxy) is 1. The second kappa shape index (κ2) is 14.1. The Morgan fingerprint density at radius 1 is 0.600 bits per heavy atom. The molecule has 5 aromatic rings. The molecule has 3 heteroatoms. The maximum Gasteiger partial charge on any atom is 0.131 e. The van der Waals surface area contributed by atoms with Crippen molar-refractivity contribution in [3.05, 3.63) is 155 Å². The number of hydrogen-bond donors (Lipinski definition) is 0. The lowest BCUT2D eigenvalue weighted by Gasteiger charge is -2.31. The first-order chi connectivity index (χ1) is 21.5. The zero-order valence-electron chi connectivity index (χ0n) is 28.0. The van der Waals surface area contributed by atoms with Crippen molar-refractivity contribution >= 4 is 24.9 Å². The lowest BCUT2D eigenvalue weighted by Crippen LogP contribution is -2.28. The number of anilines is 1. The van der Waals surface area contributed by atoms with Crippen LogP contribution in [0, 0.1) is 6.92 Å². The van der Waals surface area contributed by atoms with Crippen LogP contribution in [0.2, 0.25) is 0 Å². The molecule has 0 bridgehead atoms. The van der Waals surface area contributed by atoms with Gasteiger partial charge in [0.15, 0.2) is 0 Å². The van der Waals surface area contributed by atoms with Crippen LogP contribution in [0.25, 0.3) is 0 Å². The number of rotatable bonds is 10. The van der Waals surface area contributed by atoms with Gasteiger partial charge in [0, 0.05) is 34.9 Å². The van der Waals surface area contributed by atoms with Crippen LogP contribution in [0.4, 0.5) is 5.69 Å². The lowest BCUT2D eigenvalue weighted by atomic mass is 9.80. The summed E-state index contributed by atoms with van der Waals surface area (Å²) >= 11 is 0. The van der Waals surface area contributed by atoms with Crippen molar-refractivity contribution in [1.29, 1.82) is 0 Å². The van der Waals surface area contributed by atoms with Crippen molar-refractivity contribution in [3.63, 3.8) is 0 Å². The first kappa shape index (κ1) is 32.5. The van der Waals surface area contributed by atoms with Crippen LogP contribution in [0.3, 0.4) is 0 Å². The lowest BCUT2D eigenvalue weighted by molar-refractivity contribution is 0.300. The van der Waals surface area contributed by atoms with Gasteiger partial charge in [0.2, 0.25) is 0 Å². The number of aryl methyl sites for hydroxylation is 1. The topological polar surface area (TPSA) is 12.5 Å². The van der Waals surface area contributed by atoms with Crippen LogP contribution in [-0.4, -0.2) is 0 Å². The second-order valence-electron chi connectivity index (χ2n) is 14.1. The van der Waals surface area contributed by atoms with E-state index in [0.717, 1.165) is 18.8 Å². The molecule has 0 heterocycles. The first-order valence-corrected chi connectivity index (χ1v) is 17.0. The molecule has 0 amide bonds. The van der Waals surface area contributed by atoms with Crippen LogP contribution < -0.4 is 20.2 Å². The Morgan fingerprint density at radius 3 is 1.64 bits per heavy atom. The van der Waals surface area contributed by atoms with Crippen LogP contribution in [0.1, 0.15) is 74.9 Å². The number of hydrogen-bond acceptors (Lipinski definition) is 2. The summed E-state index contributed by atoms with van der Waals surface area (Å²) in [6.07, 6.45) is 0. The molecule has 2 nitrogen and oxygen atoms in total. The Hall–Kier alpha value is -3.87. The zero-order valence-corrected chi connectivity index (χ0v) is 29.0. The minimum atomic E-state index is -0.0757. The van der Waals surface area contributed by atoms with E-state index in [1.165, 1.54) is 49.7 Å². The molecule has 5 aromatic carbocycles. The van der Waals surface area contributed by atoms with Gasteiger partial charge in [-0.15, -0.1) is 0 Å². The Kier molecular flexibility index (Phi) is 10.2. The van der Waals surface area contributed by atoms with Crippen molar-refractivity contribution in [2.24, 2.45) is 0 Å². The highest BCUT2D eigenvalue weighted by molar-refractivity contribution is 7.56. The summed E-state index contributed by atoms with van der Waals surface area (Å²) in [4.78, 5) is 2.54. The second-order valence-corrected chi connectivity index (χ2v) is 15.4. The molecule has 0 aliphatic rings. The van der Waals surface area contributed by atoms with Crippen molar-refractivity contribution in [1.82, 2.24) is 0 Å². The van der Waals surface area contributed by atoms with Crippen molar-refractivity contribution in [3.8, 4) is 5.75 Å². The summed E-state index contributed by atoms with van der Waals surface area (Å²) in [6.45, 7) is 18.3. The van der Waals surface area contributed by atoms with Gasteiger partial charge in [-0.3, -0.25) is 0 Å². The Bertz CT molecular complexity index is 1640. The molecule has 0 aromatic heterocycles. The smallest absolute Gasteiger partial charge is 0.131 e. The summed E-state index contributed by atoms with van der Waals surface area (Å²) in [5.74, 6) is 1.03. The molecule has 5 rings (SSSR count). The molecule has 0 radical (unpaired) electrons. The van der Waals surface area contributed by atoms with Crippen molar-refractivity contribution in [2.45, 2.75) is 79.0 Å². The Labute approximate surface area is 273 Å². The summed E-state index contributed by atoms with van der Waals surface area (Å²) in [7, 11) is 0.439. The van der Waals surface area contributed by atoms with E-state index in [1.54, 1.807) is 0 Å². The summed E-state index contributed by atoms with van der Waals surface area (Å²) in [6, 6.07) is 43.8. The molecule has 0 aliphatic heterocycles. The standard InChI is InChI=1S/C42H48NOP/c1-31-18-17-25-37(43(28-32-19-11-8-12-20-32)29-33-21-13-9-14-22-33)40(31)45-38-27-35(41(2,3)4)26-36(42(5,6)7)39(38)44-30-34-23-15-10-16-24-34/h8-27,45H,28-30H2,1-7H3. The summed E-state index contributed by atoms with van der Waals surface area (Å²) in [5.41, 5.74) is 8.95. The number of nitrogens with zero attached hydrogens (tertiary/aromatic N) is 1. The van der Waals surface area contributed by atoms with E-state index in [2.05, 4.69) is 175 Å². The van der Waals surface area contributed by atoms with Gasteiger partial charge in [0.05, 0.1) is 0 Å². The van der Waals surface area contributed by atoms with E-state index in [4.69, 9.17) is 4.74 Å². The minimum Gasteiger partial charge on any atom is -0.488 e. The minimum absolute atomic E-state index is 0.0123. The molecule has 0 N–H and O–H groups in total. The fourth-order valence-corrected chi connectivity index (χ4v) is 7.11. The fourth-order valence-electron chi connectivity index (χ4n) is 5.64. The van der Waals surface area contributed by atoms with E-state index in [9.17, 15) is 0 Å². The van der Waals surface area contributed by atoms with Gasteiger partial charge < -0.3 is 9.64 Å². The molecule has 232 valence electrons. The predicted molar refractivity (Wildman–Crippen MR) is 196 cm³/mol. The Morgan fingerprint density at radius 2 is 1.13 bits per heavy atom. The Balaban J connectivity index is 1.64. The summed E-state index contributed by atoms with van der Waals surface area (Å²) in [5, 5.41) is 2.65. The van der Waals surface area contributed by atoms with E-state index < -0.39 is 0 Å². The monoisotopic (exact) mass is 613 g/mol. The largest absolute Gasteiger partial charge is 0.488 e.